The summed E-state index contributed by atoms with van der Waals surface area (Å²) in [4.78, 5) is 27.4. The van der Waals surface area contributed by atoms with Crippen molar-refractivity contribution in [3.8, 4) is 5.75 Å². The van der Waals surface area contributed by atoms with E-state index in [4.69, 9.17) is 4.74 Å². The van der Waals surface area contributed by atoms with Gasteiger partial charge in [-0.25, -0.2) is 0 Å². The average molecular weight is 372 g/mol. The lowest BCUT2D eigenvalue weighted by atomic mass is 9.93. The van der Waals surface area contributed by atoms with E-state index in [9.17, 15) is 9.59 Å². The molecule has 0 fully saturated rings. The fraction of sp³-hybridized carbons (Fsp3) is 0.333. The molecule has 0 bridgehead atoms. The quantitative estimate of drug-likeness (QED) is 0.834. The molecule has 0 radical (unpaired) electrons. The molecule has 7 nitrogen and oxygen atoms in total. The molecule has 1 aliphatic rings. The van der Waals surface area contributed by atoms with Gasteiger partial charge in [-0.15, -0.1) is 11.7 Å². The van der Waals surface area contributed by atoms with Crippen LogP contribution in [0.1, 0.15) is 29.2 Å². The van der Waals surface area contributed by atoms with Gasteiger partial charge in [-0.1, -0.05) is 10.6 Å². The molecule has 0 aliphatic carbocycles. The number of benzene rings is 1. The van der Waals surface area contributed by atoms with Crippen molar-refractivity contribution in [2.75, 3.05) is 23.4 Å². The summed E-state index contributed by atoms with van der Waals surface area (Å²) in [6.45, 7) is 9.80. The number of nitrogens with zero attached hydrogens (tertiary/aromatic N) is 3. The zero-order chi connectivity index (χ0) is 18.9. The van der Waals surface area contributed by atoms with Crippen molar-refractivity contribution in [2.45, 2.75) is 20.8 Å². The first-order valence-corrected chi connectivity index (χ1v) is 8.91. The van der Waals surface area contributed by atoms with Gasteiger partial charge in [0, 0.05) is 12.2 Å². The van der Waals surface area contributed by atoms with Crippen molar-refractivity contribution in [2.24, 2.45) is 5.41 Å². The first-order chi connectivity index (χ1) is 12.3. The van der Waals surface area contributed by atoms with Gasteiger partial charge >= 0.3 is 0 Å². The molecule has 3 rings (SSSR count). The molecule has 8 heteroatoms. The third-order valence-electron chi connectivity index (χ3n) is 4.09. The molecule has 0 saturated heterocycles. The second-order valence-electron chi connectivity index (χ2n) is 6.70. The van der Waals surface area contributed by atoms with Crippen LogP contribution in [-0.4, -0.2) is 34.6 Å². The third-order valence-corrected chi connectivity index (χ3v) is 4.92. The second kappa shape index (κ2) is 6.87. The molecular formula is C18H20N4O3S. The number of anilines is 2. The summed E-state index contributed by atoms with van der Waals surface area (Å²) >= 11 is 1.04. The highest BCUT2D eigenvalue weighted by Gasteiger charge is 2.37. The highest BCUT2D eigenvalue weighted by molar-refractivity contribution is 7.08. The number of fused-ring (bicyclic) bond motifs is 1. The van der Waals surface area contributed by atoms with Gasteiger partial charge in [0.1, 0.15) is 17.2 Å². The Bertz CT molecular complexity index is 875. The number of amides is 2. The molecule has 1 aromatic heterocycles. The normalized spacial score (nSPS) is 15.7. The molecular weight excluding hydrogens is 352 g/mol. The maximum atomic E-state index is 12.9. The Morgan fingerprint density at radius 2 is 2.27 bits per heavy atom. The predicted octanol–water partition coefficient (Wildman–Crippen LogP) is 3.04. The highest BCUT2D eigenvalue weighted by atomic mass is 32.1. The van der Waals surface area contributed by atoms with Gasteiger partial charge in [-0.3, -0.25) is 9.59 Å². The molecule has 0 atom stereocenters. The zero-order valence-corrected chi connectivity index (χ0v) is 15.7. The number of carbonyl (C=O) groups is 2. The monoisotopic (exact) mass is 372 g/mol. The summed E-state index contributed by atoms with van der Waals surface area (Å²) in [5.41, 5.74) is 1.09. The highest BCUT2D eigenvalue weighted by Crippen LogP contribution is 2.38. The molecule has 2 aromatic rings. The van der Waals surface area contributed by atoms with E-state index in [1.807, 2.05) is 13.8 Å². The summed E-state index contributed by atoms with van der Waals surface area (Å²) in [5.74, 6) is 0.260. The number of hydrogen-bond acceptors (Lipinski definition) is 6. The lowest BCUT2D eigenvalue weighted by molar-refractivity contribution is -0.127. The van der Waals surface area contributed by atoms with Crippen molar-refractivity contribution in [3.05, 3.63) is 41.4 Å². The Labute approximate surface area is 155 Å². The van der Waals surface area contributed by atoms with Crippen molar-refractivity contribution in [1.29, 1.82) is 0 Å². The maximum Gasteiger partial charge on any atom is 0.269 e. The smallest absolute Gasteiger partial charge is 0.269 e. The van der Waals surface area contributed by atoms with E-state index in [0.717, 1.165) is 11.5 Å². The molecule has 0 saturated carbocycles. The van der Waals surface area contributed by atoms with Gasteiger partial charge in [-0.2, -0.15) is 0 Å². The fourth-order valence-electron chi connectivity index (χ4n) is 2.66. The SMILES string of the molecule is C=CCN1C(=O)C(C)(C)COc2ccc(NC(=O)c3snnc3C)cc21. The Hall–Kier alpha value is -2.74. The summed E-state index contributed by atoms with van der Waals surface area (Å²) in [7, 11) is 0. The summed E-state index contributed by atoms with van der Waals surface area (Å²) in [6, 6.07) is 5.24. The van der Waals surface area contributed by atoms with Crippen LogP contribution in [0.4, 0.5) is 11.4 Å². The minimum absolute atomic E-state index is 0.0536. The van der Waals surface area contributed by atoms with Gasteiger partial charge < -0.3 is 15.0 Å². The van der Waals surface area contributed by atoms with Gasteiger partial charge in [-0.05, 0) is 50.5 Å². The first kappa shape index (κ1) is 18.1. The van der Waals surface area contributed by atoms with E-state index in [0.29, 0.717) is 34.2 Å². The maximum absolute atomic E-state index is 12.9. The van der Waals surface area contributed by atoms with Crippen LogP contribution in [0.5, 0.6) is 5.75 Å². The zero-order valence-electron chi connectivity index (χ0n) is 14.9. The molecule has 0 unspecified atom stereocenters. The molecule has 136 valence electrons. The van der Waals surface area contributed by atoms with E-state index in [2.05, 4.69) is 21.5 Å². The van der Waals surface area contributed by atoms with E-state index >= 15 is 0 Å². The number of ether oxygens (including phenoxy) is 1. The average Bonchev–Trinajstić information content (AvgIpc) is 3.00. The number of carbonyl (C=O) groups excluding carboxylic acids is 2. The molecule has 1 N–H and O–H groups in total. The Kier molecular flexibility index (Phi) is 4.78. The largest absolute Gasteiger partial charge is 0.490 e. The number of nitrogens with one attached hydrogen (secondary N) is 1. The van der Waals surface area contributed by atoms with Crippen molar-refractivity contribution < 1.29 is 14.3 Å². The van der Waals surface area contributed by atoms with Gasteiger partial charge in [0.2, 0.25) is 5.91 Å². The van der Waals surface area contributed by atoms with E-state index < -0.39 is 5.41 Å². The van der Waals surface area contributed by atoms with Crippen LogP contribution in [0.15, 0.2) is 30.9 Å². The summed E-state index contributed by atoms with van der Waals surface area (Å²) < 4.78 is 9.61. The molecule has 2 heterocycles. The molecule has 2 amide bonds. The number of aryl methyl sites for hydroxylation is 1. The van der Waals surface area contributed by atoms with Crippen LogP contribution < -0.4 is 15.0 Å². The van der Waals surface area contributed by atoms with Gasteiger partial charge in [0.25, 0.3) is 5.91 Å². The van der Waals surface area contributed by atoms with Gasteiger partial charge in [0.05, 0.1) is 16.8 Å². The summed E-state index contributed by atoms with van der Waals surface area (Å²) in [6.07, 6.45) is 1.67. The molecule has 26 heavy (non-hydrogen) atoms. The first-order valence-electron chi connectivity index (χ1n) is 8.13. The lowest BCUT2D eigenvalue weighted by Gasteiger charge is -2.27. The van der Waals surface area contributed by atoms with Crippen LogP contribution in [0.3, 0.4) is 0 Å². The van der Waals surface area contributed by atoms with Gasteiger partial charge in [0.15, 0.2) is 0 Å². The lowest BCUT2D eigenvalue weighted by Crippen LogP contribution is -2.42. The molecule has 1 aliphatic heterocycles. The van der Waals surface area contributed by atoms with Crippen LogP contribution in [0, 0.1) is 12.3 Å². The third kappa shape index (κ3) is 3.32. The number of rotatable bonds is 4. The van der Waals surface area contributed by atoms with Crippen LogP contribution in [0.25, 0.3) is 0 Å². The van der Waals surface area contributed by atoms with Crippen LogP contribution in [-0.2, 0) is 4.79 Å². The standard InChI is InChI=1S/C18H20N4O3S/c1-5-8-22-13-9-12(19-16(23)15-11(2)20-21-26-15)6-7-14(13)25-10-18(3,4)17(22)24/h5-7,9H,1,8,10H2,2-4H3,(H,19,23). The number of hydrogen-bond donors (Lipinski definition) is 1. The van der Waals surface area contributed by atoms with Crippen molar-refractivity contribution in [1.82, 2.24) is 9.59 Å². The molecule has 0 spiro atoms. The van der Waals surface area contributed by atoms with Crippen molar-refractivity contribution in [3.63, 3.8) is 0 Å². The Morgan fingerprint density at radius 1 is 1.50 bits per heavy atom. The predicted molar refractivity (Wildman–Crippen MR) is 101 cm³/mol. The van der Waals surface area contributed by atoms with E-state index in [1.165, 1.54) is 0 Å². The fourth-order valence-corrected chi connectivity index (χ4v) is 3.21. The Balaban J connectivity index is 1.95. The Morgan fingerprint density at radius 3 is 2.92 bits per heavy atom. The van der Waals surface area contributed by atoms with Crippen LogP contribution in [0.2, 0.25) is 0 Å². The van der Waals surface area contributed by atoms with Crippen molar-refractivity contribution >= 4 is 34.7 Å². The van der Waals surface area contributed by atoms with E-state index in [1.54, 1.807) is 36.1 Å². The minimum atomic E-state index is -0.656. The molecule has 1 aromatic carbocycles. The number of aromatic nitrogens is 2. The summed E-state index contributed by atoms with van der Waals surface area (Å²) in [5, 5.41) is 6.67. The minimum Gasteiger partial charge on any atom is -0.490 e. The topological polar surface area (TPSA) is 84.4 Å². The van der Waals surface area contributed by atoms with E-state index in [-0.39, 0.29) is 18.4 Å². The second-order valence-corrected chi connectivity index (χ2v) is 7.46. The van der Waals surface area contributed by atoms with Crippen LogP contribution >= 0.6 is 11.5 Å².